The third-order valence-electron chi connectivity index (χ3n) is 4.09. The van der Waals surface area contributed by atoms with Crippen LogP contribution in [0.1, 0.15) is 28.8 Å². The number of thiazole rings is 1. The van der Waals surface area contributed by atoms with Crippen LogP contribution in [0.25, 0.3) is 10.2 Å². The van der Waals surface area contributed by atoms with Crippen LogP contribution in [0.3, 0.4) is 0 Å². The first-order valence-corrected chi connectivity index (χ1v) is 9.34. The van der Waals surface area contributed by atoms with Gasteiger partial charge >= 0.3 is 0 Å². The Bertz CT molecular complexity index is 924. The van der Waals surface area contributed by atoms with Crippen LogP contribution in [0.5, 0.6) is 5.88 Å². The van der Waals surface area contributed by atoms with Gasteiger partial charge in [-0.15, -0.1) is 11.3 Å². The number of carbonyl (C=O) groups excluding carboxylic acids is 1. The number of ether oxygens (including phenoxy) is 1. The molecule has 4 rings (SSSR count). The first kappa shape index (κ1) is 16.3. The van der Waals surface area contributed by atoms with Crippen molar-refractivity contribution < 1.29 is 9.53 Å². The lowest BCUT2D eigenvalue weighted by atomic mass is 10.2. The molecule has 1 aliphatic rings. The molecule has 2 heterocycles. The second kappa shape index (κ2) is 6.98. The maximum Gasteiger partial charge on any atom is 0.258 e. The highest BCUT2D eigenvalue weighted by Crippen LogP contribution is 2.31. The largest absolute Gasteiger partial charge is 0.477 e. The van der Waals surface area contributed by atoms with E-state index in [1.165, 1.54) is 12.8 Å². The van der Waals surface area contributed by atoms with Gasteiger partial charge in [0.1, 0.15) is 5.56 Å². The van der Waals surface area contributed by atoms with Gasteiger partial charge in [-0.2, -0.15) is 0 Å². The molecule has 0 bridgehead atoms. The second-order valence-electron chi connectivity index (χ2n) is 6.06. The smallest absolute Gasteiger partial charge is 0.258 e. The van der Waals surface area contributed by atoms with Crippen molar-refractivity contribution in [1.29, 1.82) is 0 Å². The summed E-state index contributed by atoms with van der Waals surface area (Å²) in [6.45, 7) is 0.982. The number of fused-ring (bicyclic) bond motifs is 1. The summed E-state index contributed by atoms with van der Waals surface area (Å²) in [6.07, 6.45) is 3.89. The molecule has 1 N–H and O–H groups in total. The average molecular weight is 374 g/mol. The van der Waals surface area contributed by atoms with Crippen molar-refractivity contribution >= 4 is 39.1 Å². The number of rotatable bonds is 6. The minimum absolute atomic E-state index is 0.284. The molecule has 0 unspecified atom stereocenters. The molecule has 25 heavy (non-hydrogen) atoms. The molecular formula is C18H16ClN3O2S. The highest BCUT2D eigenvalue weighted by molar-refractivity contribution is 7.16. The van der Waals surface area contributed by atoms with E-state index in [9.17, 15) is 4.79 Å². The first-order chi connectivity index (χ1) is 12.2. The van der Waals surface area contributed by atoms with Crippen LogP contribution < -0.4 is 10.1 Å². The van der Waals surface area contributed by atoms with Crippen LogP contribution >= 0.6 is 22.9 Å². The minimum atomic E-state index is -0.284. The Morgan fingerprint density at radius 2 is 2.20 bits per heavy atom. The standard InChI is InChI=1S/C18H16ClN3O2S/c19-13-5-6-20-18(24-9-11-1-2-11)16(13)17(23)21-8-12-3-4-14-15(7-12)25-10-22-14/h3-7,10-11H,1-2,8-9H2,(H,21,23). The van der Waals surface area contributed by atoms with Gasteiger partial charge in [0.2, 0.25) is 5.88 Å². The predicted octanol–water partition coefficient (Wildman–Crippen LogP) is 4.06. The third-order valence-corrected chi connectivity index (χ3v) is 5.20. The summed E-state index contributed by atoms with van der Waals surface area (Å²) >= 11 is 7.79. The molecule has 128 valence electrons. The maximum atomic E-state index is 12.6. The van der Waals surface area contributed by atoms with Crippen molar-refractivity contribution in [2.45, 2.75) is 19.4 Å². The van der Waals surface area contributed by atoms with Crippen molar-refractivity contribution in [2.75, 3.05) is 6.61 Å². The molecule has 1 saturated carbocycles. The molecule has 1 aliphatic carbocycles. The summed E-state index contributed by atoms with van der Waals surface area (Å²) in [4.78, 5) is 21.0. The summed E-state index contributed by atoms with van der Waals surface area (Å²) in [6, 6.07) is 7.54. The van der Waals surface area contributed by atoms with E-state index in [2.05, 4.69) is 15.3 Å². The van der Waals surface area contributed by atoms with Crippen LogP contribution in [0, 0.1) is 5.92 Å². The number of carbonyl (C=O) groups is 1. The summed E-state index contributed by atoms with van der Waals surface area (Å²) < 4.78 is 6.80. The predicted molar refractivity (Wildman–Crippen MR) is 98.3 cm³/mol. The van der Waals surface area contributed by atoms with E-state index in [1.54, 1.807) is 23.6 Å². The lowest BCUT2D eigenvalue weighted by Gasteiger charge is -2.12. The van der Waals surface area contributed by atoms with Gasteiger partial charge in [-0.3, -0.25) is 4.79 Å². The van der Waals surface area contributed by atoms with E-state index in [-0.39, 0.29) is 5.91 Å². The first-order valence-electron chi connectivity index (χ1n) is 8.08. The number of amides is 1. The molecule has 2 aromatic heterocycles. The van der Waals surface area contributed by atoms with E-state index < -0.39 is 0 Å². The summed E-state index contributed by atoms with van der Waals surface area (Å²) in [5.74, 6) is 0.589. The lowest BCUT2D eigenvalue weighted by Crippen LogP contribution is -2.24. The van der Waals surface area contributed by atoms with E-state index in [0.717, 1.165) is 15.8 Å². The van der Waals surface area contributed by atoms with Crippen molar-refractivity contribution in [1.82, 2.24) is 15.3 Å². The average Bonchev–Trinajstić information content (AvgIpc) is 3.33. The van der Waals surface area contributed by atoms with Gasteiger partial charge in [0.25, 0.3) is 5.91 Å². The van der Waals surface area contributed by atoms with Crippen molar-refractivity contribution in [3.63, 3.8) is 0 Å². The molecular weight excluding hydrogens is 358 g/mol. The highest BCUT2D eigenvalue weighted by atomic mass is 35.5. The molecule has 0 spiro atoms. The molecule has 0 atom stereocenters. The van der Waals surface area contributed by atoms with Gasteiger partial charge in [-0.05, 0) is 42.5 Å². The SMILES string of the molecule is O=C(NCc1ccc2ncsc2c1)c1c(Cl)ccnc1OCC1CC1. The third kappa shape index (κ3) is 3.75. The summed E-state index contributed by atoms with van der Waals surface area (Å²) in [5, 5.41) is 3.24. The van der Waals surface area contributed by atoms with E-state index >= 15 is 0 Å². The van der Waals surface area contributed by atoms with Crippen LogP contribution in [0.2, 0.25) is 5.02 Å². The number of halogens is 1. The molecule has 5 nitrogen and oxygen atoms in total. The molecule has 0 radical (unpaired) electrons. The fourth-order valence-electron chi connectivity index (χ4n) is 2.50. The number of nitrogens with one attached hydrogen (secondary N) is 1. The molecule has 7 heteroatoms. The van der Waals surface area contributed by atoms with E-state index in [0.29, 0.717) is 35.5 Å². The topological polar surface area (TPSA) is 64.1 Å². The van der Waals surface area contributed by atoms with Gasteiger partial charge in [0.15, 0.2) is 0 Å². The van der Waals surface area contributed by atoms with Crippen LogP contribution in [0.4, 0.5) is 0 Å². The van der Waals surface area contributed by atoms with E-state index in [1.807, 2.05) is 23.7 Å². The van der Waals surface area contributed by atoms with Crippen LogP contribution in [0.15, 0.2) is 36.0 Å². The van der Waals surface area contributed by atoms with Gasteiger partial charge in [-0.1, -0.05) is 17.7 Å². The Morgan fingerprint density at radius 1 is 1.32 bits per heavy atom. The number of hydrogen-bond donors (Lipinski definition) is 1. The molecule has 1 aromatic carbocycles. The van der Waals surface area contributed by atoms with Gasteiger partial charge in [0, 0.05) is 12.7 Å². The lowest BCUT2D eigenvalue weighted by molar-refractivity contribution is 0.0945. The normalized spacial score (nSPS) is 13.8. The zero-order valence-electron chi connectivity index (χ0n) is 13.4. The Kier molecular flexibility index (Phi) is 4.55. The van der Waals surface area contributed by atoms with E-state index in [4.69, 9.17) is 16.3 Å². The maximum absolute atomic E-state index is 12.6. The number of hydrogen-bond acceptors (Lipinski definition) is 5. The molecule has 1 amide bonds. The number of aromatic nitrogens is 2. The number of benzene rings is 1. The van der Waals surface area contributed by atoms with Gasteiger partial charge in [-0.25, -0.2) is 9.97 Å². The van der Waals surface area contributed by atoms with Crippen molar-refractivity contribution in [2.24, 2.45) is 5.92 Å². The second-order valence-corrected chi connectivity index (χ2v) is 7.36. The monoisotopic (exact) mass is 373 g/mol. The molecule has 1 fully saturated rings. The molecule has 3 aromatic rings. The zero-order chi connectivity index (χ0) is 17.2. The summed E-state index contributed by atoms with van der Waals surface area (Å²) in [5.41, 5.74) is 4.08. The Hall–Kier alpha value is -2.18. The summed E-state index contributed by atoms with van der Waals surface area (Å²) in [7, 11) is 0. The number of nitrogens with zero attached hydrogens (tertiary/aromatic N) is 2. The Morgan fingerprint density at radius 3 is 3.04 bits per heavy atom. The Labute approximate surface area is 154 Å². The zero-order valence-corrected chi connectivity index (χ0v) is 14.9. The minimum Gasteiger partial charge on any atom is -0.477 e. The molecule has 0 saturated heterocycles. The van der Waals surface area contributed by atoms with Gasteiger partial charge in [0.05, 0.1) is 27.4 Å². The van der Waals surface area contributed by atoms with Crippen LogP contribution in [-0.2, 0) is 6.54 Å². The quantitative estimate of drug-likeness (QED) is 0.707. The van der Waals surface area contributed by atoms with Crippen LogP contribution in [-0.4, -0.2) is 22.5 Å². The van der Waals surface area contributed by atoms with Gasteiger partial charge < -0.3 is 10.1 Å². The molecule has 0 aliphatic heterocycles. The fraction of sp³-hybridized carbons (Fsp3) is 0.278. The Balaban J connectivity index is 1.47. The highest BCUT2D eigenvalue weighted by Gasteiger charge is 2.24. The van der Waals surface area contributed by atoms with Crippen molar-refractivity contribution in [3.05, 3.63) is 52.1 Å². The number of pyridine rings is 1. The van der Waals surface area contributed by atoms with Crippen molar-refractivity contribution in [3.8, 4) is 5.88 Å². The fourth-order valence-corrected chi connectivity index (χ4v) is 3.46.